The van der Waals surface area contributed by atoms with Gasteiger partial charge in [-0.1, -0.05) is 19.1 Å². The molecule has 0 fully saturated rings. The molecule has 2 aromatic rings. The van der Waals surface area contributed by atoms with E-state index in [2.05, 4.69) is 5.32 Å². The predicted octanol–water partition coefficient (Wildman–Crippen LogP) is 3.78. The van der Waals surface area contributed by atoms with Crippen molar-refractivity contribution in [1.29, 1.82) is 0 Å². The second-order valence-electron chi connectivity index (χ2n) is 5.12. The Hall–Kier alpha value is -2.33. The van der Waals surface area contributed by atoms with Crippen LogP contribution in [-0.2, 0) is 0 Å². The van der Waals surface area contributed by atoms with Crippen molar-refractivity contribution in [1.82, 2.24) is 0 Å². The molecular weight excluding hydrogens is 278 g/mol. The van der Waals surface area contributed by atoms with E-state index in [9.17, 15) is 9.90 Å². The van der Waals surface area contributed by atoms with E-state index in [1.165, 1.54) is 0 Å². The van der Waals surface area contributed by atoms with E-state index in [0.29, 0.717) is 17.9 Å². The van der Waals surface area contributed by atoms with Crippen molar-refractivity contribution < 1.29 is 14.6 Å². The number of benzene rings is 2. The summed E-state index contributed by atoms with van der Waals surface area (Å²) >= 11 is 0. The Balaban J connectivity index is 1.99. The standard InChI is InChI=1S/C18H21NO3/c1-3-12-22-17-10-6-15(7-11-17)18(21)19-16-8-4-14(5-9-16)13(2)20/h4-11,13,20H,3,12H2,1-2H3,(H,19,21)/t13-/m0/s1. The summed E-state index contributed by atoms with van der Waals surface area (Å²) in [5.41, 5.74) is 2.08. The molecule has 0 heterocycles. The molecule has 2 N–H and O–H groups in total. The second-order valence-corrected chi connectivity index (χ2v) is 5.12. The molecule has 0 aliphatic rings. The number of hydrogen-bond donors (Lipinski definition) is 2. The van der Waals surface area contributed by atoms with Crippen LogP contribution in [0.2, 0.25) is 0 Å². The molecule has 0 spiro atoms. The molecule has 2 aromatic carbocycles. The fourth-order valence-electron chi connectivity index (χ4n) is 1.97. The number of aliphatic hydroxyl groups is 1. The summed E-state index contributed by atoms with van der Waals surface area (Å²) in [6.07, 6.45) is 0.436. The van der Waals surface area contributed by atoms with Crippen LogP contribution >= 0.6 is 0 Å². The molecule has 0 saturated heterocycles. The van der Waals surface area contributed by atoms with Crippen LogP contribution in [0.3, 0.4) is 0 Å². The van der Waals surface area contributed by atoms with E-state index in [-0.39, 0.29) is 5.91 Å². The Labute approximate surface area is 130 Å². The molecule has 0 saturated carbocycles. The molecule has 0 unspecified atom stereocenters. The second kappa shape index (κ2) is 7.61. The maximum atomic E-state index is 12.2. The van der Waals surface area contributed by atoms with Gasteiger partial charge in [0, 0.05) is 11.3 Å². The molecule has 0 radical (unpaired) electrons. The lowest BCUT2D eigenvalue weighted by Crippen LogP contribution is -2.11. The van der Waals surface area contributed by atoms with Crippen LogP contribution in [0.5, 0.6) is 5.75 Å². The van der Waals surface area contributed by atoms with Crippen LogP contribution in [-0.4, -0.2) is 17.6 Å². The minimum atomic E-state index is -0.514. The molecule has 22 heavy (non-hydrogen) atoms. The molecule has 1 atom stereocenters. The van der Waals surface area contributed by atoms with E-state index in [4.69, 9.17) is 4.74 Å². The van der Waals surface area contributed by atoms with Crippen molar-refractivity contribution in [3.05, 3.63) is 59.7 Å². The van der Waals surface area contributed by atoms with Crippen molar-refractivity contribution in [2.75, 3.05) is 11.9 Å². The van der Waals surface area contributed by atoms with Crippen LogP contribution < -0.4 is 10.1 Å². The smallest absolute Gasteiger partial charge is 0.255 e. The number of nitrogens with one attached hydrogen (secondary N) is 1. The van der Waals surface area contributed by atoms with Crippen LogP contribution in [0.25, 0.3) is 0 Å². The van der Waals surface area contributed by atoms with Gasteiger partial charge in [-0.15, -0.1) is 0 Å². The average Bonchev–Trinajstić information content (AvgIpc) is 2.54. The Morgan fingerprint density at radius 2 is 1.77 bits per heavy atom. The molecule has 0 bridgehead atoms. The average molecular weight is 299 g/mol. The van der Waals surface area contributed by atoms with E-state index < -0.39 is 6.10 Å². The molecular formula is C18H21NO3. The van der Waals surface area contributed by atoms with Crippen LogP contribution in [0, 0.1) is 0 Å². The third-order valence-corrected chi connectivity index (χ3v) is 3.24. The van der Waals surface area contributed by atoms with Crippen LogP contribution in [0.1, 0.15) is 42.3 Å². The van der Waals surface area contributed by atoms with Crippen LogP contribution in [0.15, 0.2) is 48.5 Å². The van der Waals surface area contributed by atoms with Gasteiger partial charge >= 0.3 is 0 Å². The van der Waals surface area contributed by atoms with Gasteiger partial charge in [-0.05, 0) is 55.3 Å². The van der Waals surface area contributed by atoms with Gasteiger partial charge in [-0.25, -0.2) is 0 Å². The topological polar surface area (TPSA) is 58.6 Å². The lowest BCUT2D eigenvalue weighted by Gasteiger charge is -2.09. The summed E-state index contributed by atoms with van der Waals surface area (Å²) in [5, 5.41) is 12.3. The van der Waals surface area contributed by atoms with Gasteiger partial charge in [0.25, 0.3) is 5.91 Å². The van der Waals surface area contributed by atoms with Crippen molar-refractivity contribution in [2.24, 2.45) is 0 Å². The van der Waals surface area contributed by atoms with Gasteiger partial charge in [-0.2, -0.15) is 0 Å². The number of aliphatic hydroxyl groups excluding tert-OH is 1. The first-order valence-corrected chi connectivity index (χ1v) is 7.42. The number of carbonyl (C=O) groups excluding carboxylic acids is 1. The molecule has 0 aromatic heterocycles. The van der Waals surface area contributed by atoms with E-state index in [1.54, 1.807) is 55.5 Å². The van der Waals surface area contributed by atoms with Gasteiger partial charge in [0.05, 0.1) is 12.7 Å². The predicted molar refractivity (Wildman–Crippen MR) is 87.3 cm³/mol. The number of rotatable bonds is 6. The Morgan fingerprint density at radius 3 is 2.32 bits per heavy atom. The van der Waals surface area contributed by atoms with Gasteiger partial charge < -0.3 is 15.2 Å². The summed E-state index contributed by atoms with van der Waals surface area (Å²) in [4.78, 5) is 12.2. The Kier molecular flexibility index (Phi) is 5.55. The highest BCUT2D eigenvalue weighted by atomic mass is 16.5. The maximum Gasteiger partial charge on any atom is 0.255 e. The van der Waals surface area contributed by atoms with Crippen molar-refractivity contribution >= 4 is 11.6 Å². The minimum absolute atomic E-state index is 0.174. The first-order chi connectivity index (χ1) is 10.6. The summed E-state index contributed by atoms with van der Waals surface area (Å²) in [5.74, 6) is 0.589. The fourth-order valence-corrected chi connectivity index (χ4v) is 1.97. The summed E-state index contributed by atoms with van der Waals surface area (Å²) in [6, 6.07) is 14.2. The van der Waals surface area contributed by atoms with Crippen molar-refractivity contribution in [3.63, 3.8) is 0 Å². The first kappa shape index (κ1) is 16.0. The third kappa shape index (κ3) is 4.33. The number of amides is 1. The van der Waals surface area contributed by atoms with Crippen molar-refractivity contribution in [3.8, 4) is 5.75 Å². The lowest BCUT2D eigenvalue weighted by atomic mass is 10.1. The van der Waals surface area contributed by atoms with Gasteiger partial charge in [0.15, 0.2) is 0 Å². The van der Waals surface area contributed by atoms with E-state index in [1.807, 2.05) is 6.92 Å². The molecule has 4 heteroatoms. The molecule has 0 aliphatic carbocycles. The lowest BCUT2D eigenvalue weighted by molar-refractivity contribution is 0.102. The molecule has 2 rings (SSSR count). The maximum absolute atomic E-state index is 12.2. The Morgan fingerprint density at radius 1 is 1.14 bits per heavy atom. The molecule has 116 valence electrons. The number of ether oxygens (including phenoxy) is 1. The monoisotopic (exact) mass is 299 g/mol. The molecule has 1 amide bonds. The highest BCUT2D eigenvalue weighted by Crippen LogP contribution is 2.17. The Bertz CT molecular complexity index is 603. The number of carbonyl (C=O) groups is 1. The van der Waals surface area contributed by atoms with Gasteiger partial charge in [0.2, 0.25) is 0 Å². The highest BCUT2D eigenvalue weighted by Gasteiger charge is 2.07. The largest absolute Gasteiger partial charge is 0.494 e. The zero-order chi connectivity index (χ0) is 15.9. The highest BCUT2D eigenvalue weighted by molar-refractivity contribution is 6.04. The van der Waals surface area contributed by atoms with E-state index in [0.717, 1.165) is 17.7 Å². The zero-order valence-electron chi connectivity index (χ0n) is 12.9. The normalized spacial score (nSPS) is 11.8. The number of anilines is 1. The van der Waals surface area contributed by atoms with Crippen molar-refractivity contribution in [2.45, 2.75) is 26.4 Å². The molecule has 4 nitrogen and oxygen atoms in total. The number of hydrogen-bond acceptors (Lipinski definition) is 3. The van der Waals surface area contributed by atoms with Gasteiger partial charge in [0.1, 0.15) is 5.75 Å². The third-order valence-electron chi connectivity index (χ3n) is 3.24. The first-order valence-electron chi connectivity index (χ1n) is 7.42. The summed E-state index contributed by atoms with van der Waals surface area (Å²) < 4.78 is 5.49. The summed E-state index contributed by atoms with van der Waals surface area (Å²) in [6.45, 7) is 4.42. The van der Waals surface area contributed by atoms with Crippen LogP contribution in [0.4, 0.5) is 5.69 Å². The molecule has 0 aliphatic heterocycles. The fraction of sp³-hybridized carbons (Fsp3) is 0.278. The SMILES string of the molecule is CCCOc1ccc(C(=O)Nc2ccc([C@H](C)O)cc2)cc1. The quantitative estimate of drug-likeness (QED) is 0.853. The van der Waals surface area contributed by atoms with Gasteiger partial charge in [-0.3, -0.25) is 4.79 Å². The minimum Gasteiger partial charge on any atom is -0.494 e. The van der Waals surface area contributed by atoms with E-state index >= 15 is 0 Å². The summed E-state index contributed by atoms with van der Waals surface area (Å²) in [7, 11) is 0. The zero-order valence-corrected chi connectivity index (χ0v) is 12.9.